The van der Waals surface area contributed by atoms with Crippen molar-refractivity contribution in [2.75, 3.05) is 24.6 Å². The minimum Gasteiger partial charge on any atom is -0.470 e. The van der Waals surface area contributed by atoms with Crippen molar-refractivity contribution >= 4 is 11.8 Å². The molecule has 1 atom stereocenters. The third kappa shape index (κ3) is 2.87. The zero-order valence-electron chi connectivity index (χ0n) is 13.6. The number of aromatic nitrogens is 3. The molecule has 7 nitrogen and oxygen atoms in total. The lowest BCUT2D eigenvalue weighted by molar-refractivity contribution is 0.0728. The average molecular weight is 326 g/mol. The number of nitrogens with two attached hydrogens (primary N) is 2. The Morgan fingerprint density at radius 3 is 2.79 bits per heavy atom. The number of pyridine rings is 1. The van der Waals surface area contributed by atoms with Gasteiger partial charge < -0.3 is 16.2 Å². The van der Waals surface area contributed by atoms with Crippen LogP contribution in [0.25, 0.3) is 0 Å². The second-order valence-corrected chi connectivity index (χ2v) is 6.70. The lowest BCUT2D eigenvalue weighted by atomic mass is 9.90. The number of nitrogen functional groups attached to an aromatic ring is 2. The first-order valence-electron chi connectivity index (χ1n) is 8.36. The van der Waals surface area contributed by atoms with Crippen LogP contribution >= 0.6 is 0 Å². The summed E-state index contributed by atoms with van der Waals surface area (Å²) in [5, 5.41) is 0. The van der Waals surface area contributed by atoms with Crippen molar-refractivity contribution in [2.24, 2.45) is 0 Å². The molecule has 0 aliphatic carbocycles. The zero-order valence-corrected chi connectivity index (χ0v) is 13.6. The van der Waals surface area contributed by atoms with Crippen LogP contribution in [0, 0.1) is 0 Å². The SMILES string of the molecule is Nc1nc(N)c2c(n1)O[C@@]1(CCCN(Cc3ccncc3)CC1)C2. The van der Waals surface area contributed by atoms with Gasteiger partial charge in [-0.2, -0.15) is 9.97 Å². The Morgan fingerprint density at radius 2 is 1.96 bits per heavy atom. The average Bonchev–Trinajstić information content (AvgIpc) is 2.81. The highest BCUT2D eigenvalue weighted by Crippen LogP contribution is 2.42. The van der Waals surface area contributed by atoms with E-state index in [1.165, 1.54) is 5.56 Å². The summed E-state index contributed by atoms with van der Waals surface area (Å²) in [6, 6.07) is 4.14. The lowest BCUT2D eigenvalue weighted by Crippen LogP contribution is -2.36. The summed E-state index contributed by atoms with van der Waals surface area (Å²) in [4.78, 5) is 14.8. The molecule has 0 aromatic carbocycles. The molecule has 2 aliphatic heterocycles. The number of likely N-dealkylation sites (tertiary alicyclic amines) is 1. The fourth-order valence-corrected chi connectivity index (χ4v) is 3.72. The molecule has 2 aromatic rings. The fourth-order valence-electron chi connectivity index (χ4n) is 3.72. The standard InChI is InChI=1S/C17H22N6O/c18-14-13-10-17(24-15(13)22-16(19)21-14)4-1-8-23(9-5-17)11-12-2-6-20-7-3-12/h2-3,6-7H,1,4-5,8-11H2,(H4,18,19,21,22)/t17-/m1/s1. The van der Waals surface area contributed by atoms with E-state index < -0.39 is 0 Å². The van der Waals surface area contributed by atoms with Crippen LogP contribution in [0.4, 0.5) is 11.8 Å². The Hall–Kier alpha value is -2.41. The molecule has 24 heavy (non-hydrogen) atoms. The molecule has 4 N–H and O–H groups in total. The molecule has 126 valence electrons. The van der Waals surface area contributed by atoms with Crippen molar-refractivity contribution in [1.29, 1.82) is 0 Å². The van der Waals surface area contributed by atoms with E-state index in [4.69, 9.17) is 16.2 Å². The first kappa shape index (κ1) is 15.1. The highest BCUT2D eigenvalue weighted by atomic mass is 16.5. The summed E-state index contributed by atoms with van der Waals surface area (Å²) in [5.41, 5.74) is 13.7. The van der Waals surface area contributed by atoms with Crippen molar-refractivity contribution in [2.45, 2.75) is 37.8 Å². The van der Waals surface area contributed by atoms with Gasteiger partial charge in [0.25, 0.3) is 0 Å². The van der Waals surface area contributed by atoms with Crippen LogP contribution in [-0.2, 0) is 13.0 Å². The van der Waals surface area contributed by atoms with E-state index >= 15 is 0 Å². The summed E-state index contributed by atoms with van der Waals surface area (Å²) >= 11 is 0. The van der Waals surface area contributed by atoms with E-state index in [0.717, 1.165) is 50.9 Å². The smallest absolute Gasteiger partial charge is 0.225 e. The molecular weight excluding hydrogens is 304 g/mol. The predicted octanol–water partition coefficient (Wildman–Crippen LogP) is 1.40. The summed E-state index contributed by atoms with van der Waals surface area (Å²) in [6.45, 7) is 2.99. The molecule has 1 fully saturated rings. The minimum absolute atomic E-state index is 0.177. The topological polar surface area (TPSA) is 103 Å². The number of nitrogens with zero attached hydrogens (tertiary/aromatic N) is 4. The molecule has 2 aliphatic rings. The van der Waals surface area contributed by atoms with E-state index in [0.29, 0.717) is 11.7 Å². The monoisotopic (exact) mass is 326 g/mol. The van der Waals surface area contributed by atoms with Gasteiger partial charge in [0.15, 0.2) is 0 Å². The van der Waals surface area contributed by atoms with E-state index in [2.05, 4.69) is 32.0 Å². The second kappa shape index (κ2) is 5.90. The summed E-state index contributed by atoms with van der Waals surface area (Å²) in [5.74, 6) is 1.20. The molecular formula is C17H22N6O. The fraction of sp³-hybridized carbons (Fsp3) is 0.471. The molecule has 0 radical (unpaired) electrons. The molecule has 4 rings (SSSR count). The number of ether oxygens (including phenoxy) is 1. The highest BCUT2D eigenvalue weighted by molar-refractivity contribution is 5.52. The Bertz CT molecular complexity index is 737. The van der Waals surface area contributed by atoms with Crippen molar-refractivity contribution < 1.29 is 4.74 Å². The Kier molecular flexibility index (Phi) is 3.72. The number of anilines is 2. The van der Waals surface area contributed by atoms with Crippen molar-refractivity contribution in [3.8, 4) is 5.88 Å². The van der Waals surface area contributed by atoms with Gasteiger partial charge in [-0.15, -0.1) is 0 Å². The summed E-state index contributed by atoms with van der Waals surface area (Å²) in [7, 11) is 0. The number of fused-ring (bicyclic) bond motifs is 1. The maximum Gasteiger partial charge on any atom is 0.225 e. The third-order valence-corrected chi connectivity index (χ3v) is 4.98. The van der Waals surface area contributed by atoms with Crippen molar-refractivity contribution in [1.82, 2.24) is 19.9 Å². The van der Waals surface area contributed by atoms with E-state index in [1.807, 2.05) is 12.4 Å². The molecule has 4 heterocycles. The van der Waals surface area contributed by atoms with Crippen LogP contribution in [-0.4, -0.2) is 38.5 Å². The van der Waals surface area contributed by atoms with Crippen molar-refractivity contribution in [3.05, 3.63) is 35.7 Å². The number of hydrogen-bond donors (Lipinski definition) is 2. The predicted molar refractivity (Wildman–Crippen MR) is 91.3 cm³/mol. The van der Waals surface area contributed by atoms with Gasteiger partial charge in [-0.05, 0) is 37.1 Å². The van der Waals surface area contributed by atoms with Gasteiger partial charge >= 0.3 is 0 Å². The molecule has 7 heteroatoms. The number of rotatable bonds is 2. The normalized spacial score (nSPS) is 23.7. The number of hydrogen-bond acceptors (Lipinski definition) is 7. The minimum atomic E-state index is -0.216. The maximum atomic E-state index is 6.23. The highest BCUT2D eigenvalue weighted by Gasteiger charge is 2.42. The Balaban J connectivity index is 1.47. The molecule has 1 spiro atoms. The van der Waals surface area contributed by atoms with Gasteiger partial charge in [-0.1, -0.05) is 0 Å². The molecule has 0 bridgehead atoms. The third-order valence-electron chi connectivity index (χ3n) is 4.98. The first-order chi connectivity index (χ1) is 11.6. The van der Waals surface area contributed by atoms with Crippen LogP contribution < -0.4 is 16.2 Å². The maximum absolute atomic E-state index is 6.23. The van der Waals surface area contributed by atoms with Gasteiger partial charge in [0.05, 0.1) is 5.56 Å². The molecule has 0 saturated carbocycles. The van der Waals surface area contributed by atoms with Crippen LogP contribution in [0.3, 0.4) is 0 Å². The second-order valence-electron chi connectivity index (χ2n) is 6.70. The molecule has 0 amide bonds. The van der Waals surface area contributed by atoms with Gasteiger partial charge in [-0.25, -0.2) is 0 Å². The molecule has 2 aromatic heterocycles. The van der Waals surface area contributed by atoms with Crippen LogP contribution in [0.2, 0.25) is 0 Å². The van der Waals surface area contributed by atoms with E-state index in [-0.39, 0.29) is 11.5 Å². The van der Waals surface area contributed by atoms with Crippen LogP contribution in [0.5, 0.6) is 5.88 Å². The van der Waals surface area contributed by atoms with Gasteiger partial charge in [-0.3, -0.25) is 9.88 Å². The zero-order chi connectivity index (χ0) is 16.6. The van der Waals surface area contributed by atoms with Gasteiger partial charge in [0.2, 0.25) is 11.8 Å². The largest absolute Gasteiger partial charge is 0.470 e. The van der Waals surface area contributed by atoms with Crippen LogP contribution in [0.1, 0.15) is 30.4 Å². The summed E-state index contributed by atoms with van der Waals surface area (Å²) in [6.07, 6.45) is 7.50. The molecule has 1 saturated heterocycles. The van der Waals surface area contributed by atoms with E-state index in [9.17, 15) is 0 Å². The van der Waals surface area contributed by atoms with Crippen LogP contribution in [0.15, 0.2) is 24.5 Å². The Labute approximate surface area is 141 Å². The molecule has 0 unspecified atom stereocenters. The van der Waals surface area contributed by atoms with Gasteiger partial charge in [0.1, 0.15) is 11.4 Å². The summed E-state index contributed by atoms with van der Waals surface area (Å²) < 4.78 is 6.23. The lowest BCUT2D eigenvalue weighted by Gasteiger charge is -2.27. The quantitative estimate of drug-likeness (QED) is 0.859. The Morgan fingerprint density at radius 1 is 1.12 bits per heavy atom. The van der Waals surface area contributed by atoms with Gasteiger partial charge in [0, 0.05) is 38.3 Å². The van der Waals surface area contributed by atoms with E-state index in [1.54, 1.807) is 0 Å². The first-order valence-corrected chi connectivity index (χ1v) is 8.36. The van der Waals surface area contributed by atoms with Crippen molar-refractivity contribution in [3.63, 3.8) is 0 Å².